The summed E-state index contributed by atoms with van der Waals surface area (Å²) >= 11 is 0. The van der Waals surface area contributed by atoms with E-state index in [1.807, 2.05) is 24.3 Å². The summed E-state index contributed by atoms with van der Waals surface area (Å²) in [6.45, 7) is 2.43. The molecule has 0 spiro atoms. The lowest BCUT2D eigenvalue weighted by Gasteiger charge is -2.17. The number of methoxy groups -OCH3 is 1. The molecule has 1 amide bonds. The molecule has 2 aromatic rings. The number of nitrogens with zero attached hydrogens (tertiary/aromatic N) is 1. The number of ether oxygens (including phenoxy) is 2. The van der Waals surface area contributed by atoms with E-state index in [0.717, 1.165) is 12.1 Å². The number of aryl methyl sites for hydroxylation is 1. The van der Waals surface area contributed by atoms with Gasteiger partial charge in [-0.1, -0.05) is 19.1 Å². The first-order valence-electron chi connectivity index (χ1n) is 8.35. The van der Waals surface area contributed by atoms with Gasteiger partial charge in [-0.05, 0) is 48.4 Å². The highest BCUT2D eigenvalue weighted by molar-refractivity contribution is 5.99. The van der Waals surface area contributed by atoms with Gasteiger partial charge in [0.05, 0.1) is 13.0 Å². The van der Waals surface area contributed by atoms with Gasteiger partial charge < -0.3 is 14.4 Å². The van der Waals surface area contributed by atoms with Gasteiger partial charge in [0.1, 0.15) is 11.5 Å². The summed E-state index contributed by atoms with van der Waals surface area (Å²) in [5, 5.41) is 0. The number of rotatable bonds is 5. The minimum atomic E-state index is -0.458. The summed E-state index contributed by atoms with van der Waals surface area (Å²) < 4.78 is 10.5. The van der Waals surface area contributed by atoms with E-state index in [4.69, 9.17) is 9.47 Å². The van der Waals surface area contributed by atoms with Crippen molar-refractivity contribution in [2.24, 2.45) is 5.92 Å². The molecule has 25 heavy (non-hydrogen) atoms. The summed E-state index contributed by atoms with van der Waals surface area (Å²) in [6.07, 6.45) is 1.12. The van der Waals surface area contributed by atoms with E-state index in [1.54, 1.807) is 36.3 Å². The van der Waals surface area contributed by atoms with Crippen LogP contribution in [0.5, 0.6) is 11.5 Å². The van der Waals surface area contributed by atoms with Crippen molar-refractivity contribution in [3.63, 3.8) is 0 Å². The summed E-state index contributed by atoms with van der Waals surface area (Å²) in [7, 11) is 1.58. The van der Waals surface area contributed by atoms with E-state index in [1.165, 1.54) is 5.56 Å². The minimum absolute atomic E-state index is 0.0547. The minimum Gasteiger partial charge on any atom is -0.497 e. The average Bonchev–Trinajstić information content (AvgIpc) is 3.04. The first-order valence-corrected chi connectivity index (χ1v) is 8.35. The molecule has 0 saturated carbocycles. The fourth-order valence-electron chi connectivity index (χ4n) is 2.87. The Kier molecular flexibility index (Phi) is 5.03. The number of anilines is 1. The quantitative estimate of drug-likeness (QED) is 0.620. The van der Waals surface area contributed by atoms with Crippen molar-refractivity contribution in [2.45, 2.75) is 19.8 Å². The summed E-state index contributed by atoms with van der Waals surface area (Å²) in [5.41, 5.74) is 2.04. The Bertz CT molecular complexity index is 752. The zero-order valence-electron chi connectivity index (χ0n) is 14.4. The lowest BCUT2D eigenvalue weighted by atomic mass is 10.1. The third-order valence-electron chi connectivity index (χ3n) is 4.39. The van der Waals surface area contributed by atoms with E-state index < -0.39 is 5.92 Å². The van der Waals surface area contributed by atoms with Crippen LogP contribution in [-0.4, -0.2) is 25.5 Å². The van der Waals surface area contributed by atoms with Gasteiger partial charge in [0.2, 0.25) is 5.91 Å². The average molecular weight is 339 g/mol. The summed E-state index contributed by atoms with van der Waals surface area (Å²) in [5.74, 6) is 0.245. The Morgan fingerprint density at radius 3 is 2.32 bits per heavy atom. The summed E-state index contributed by atoms with van der Waals surface area (Å²) in [6, 6.07) is 14.7. The number of carbonyl (C=O) groups excluding carboxylic acids is 2. The van der Waals surface area contributed by atoms with E-state index in [-0.39, 0.29) is 18.3 Å². The Labute approximate surface area is 147 Å². The van der Waals surface area contributed by atoms with Crippen LogP contribution in [0.25, 0.3) is 0 Å². The van der Waals surface area contributed by atoms with Gasteiger partial charge in [0, 0.05) is 18.7 Å². The Morgan fingerprint density at radius 2 is 1.72 bits per heavy atom. The summed E-state index contributed by atoms with van der Waals surface area (Å²) in [4.78, 5) is 26.3. The number of hydrogen-bond acceptors (Lipinski definition) is 4. The zero-order chi connectivity index (χ0) is 17.8. The molecule has 1 unspecified atom stereocenters. The molecule has 0 bridgehead atoms. The third-order valence-corrected chi connectivity index (χ3v) is 4.39. The van der Waals surface area contributed by atoms with E-state index in [2.05, 4.69) is 6.92 Å². The zero-order valence-corrected chi connectivity index (χ0v) is 14.4. The van der Waals surface area contributed by atoms with Crippen LogP contribution in [0.4, 0.5) is 5.69 Å². The highest BCUT2D eigenvalue weighted by Crippen LogP contribution is 2.27. The van der Waals surface area contributed by atoms with Crippen LogP contribution in [0.3, 0.4) is 0 Å². The maximum atomic E-state index is 12.4. The molecule has 2 aromatic carbocycles. The molecule has 1 heterocycles. The van der Waals surface area contributed by atoms with Crippen LogP contribution in [0.2, 0.25) is 0 Å². The van der Waals surface area contributed by atoms with E-state index in [9.17, 15) is 9.59 Å². The number of carbonyl (C=O) groups is 2. The molecule has 5 nitrogen and oxygen atoms in total. The SMILES string of the molecule is CCc1ccc(N2CC(C(=O)Oc3ccc(OC)cc3)CC2=O)cc1. The molecule has 0 N–H and O–H groups in total. The molecule has 130 valence electrons. The normalized spacial score (nSPS) is 16.8. The molecule has 0 aromatic heterocycles. The Balaban J connectivity index is 1.65. The smallest absolute Gasteiger partial charge is 0.316 e. The van der Waals surface area contributed by atoms with Gasteiger partial charge in [-0.2, -0.15) is 0 Å². The molecular weight excluding hydrogens is 318 g/mol. The highest BCUT2D eigenvalue weighted by atomic mass is 16.5. The van der Waals surface area contributed by atoms with Crippen molar-refractivity contribution in [1.29, 1.82) is 0 Å². The topological polar surface area (TPSA) is 55.8 Å². The number of amides is 1. The molecule has 1 saturated heterocycles. The van der Waals surface area contributed by atoms with Gasteiger partial charge in [0.15, 0.2) is 0 Å². The molecule has 0 aliphatic carbocycles. The fourth-order valence-corrected chi connectivity index (χ4v) is 2.87. The molecule has 1 atom stereocenters. The lowest BCUT2D eigenvalue weighted by Crippen LogP contribution is -2.27. The lowest BCUT2D eigenvalue weighted by molar-refractivity contribution is -0.139. The molecule has 5 heteroatoms. The van der Waals surface area contributed by atoms with Crippen molar-refractivity contribution in [2.75, 3.05) is 18.6 Å². The van der Waals surface area contributed by atoms with Crippen LogP contribution >= 0.6 is 0 Å². The maximum absolute atomic E-state index is 12.4. The van der Waals surface area contributed by atoms with Gasteiger partial charge in [-0.3, -0.25) is 9.59 Å². The first kappa shape index (κ1) is 17.0. The molecule has 1 fully saturated rings. The van der Waals surface area contributed by atoms with Crippen molar-refractivity contribution in [3.8, 4) is 11.5 Å². The second-order valence-electron chi connectivity index (χ2n) is 6.02. The molecule has 1 aliphatic heterocycles. The van der Waals surface area contributed by atoms with Crippen molar-refractivity contribution >= 4 is 17.6 Å². The highest BCUT2D eigenvalue weighted by Gasteiger charge is 2.36. The van der Waals surface area contributed by atoms with Crippen LogP contribution in [0.15, 0.2) is 48.5 Å². The number of hydrogen-bond donors (Lipinski definition) is 0. The maximum Gasteiger partial charge on any atom is 0.316 e. The Morgan fingerprint density at radius 1 is 1.08 bits per heavy atom. The second-order valence-corrected chi connectivity index (χ2v) is 6.02. The largest absolute Gasteiger partial charge is 0.497 e. The number of esters is 1. The molecule has 0 radical (unpaired) electrons. The van der Waals surface area contributed by atoms with Crippen molar-refractivity contribution in [3.05, 3.63) is 54.1 Å². The second kappa shape index (κ2) is 7.38. The molecular formula is C20H21NO4. The number of benzene rings is 2. The fraction of sp³-hybridized carbons (Fsp3) is 0.300. The third kappa shape index (κ3) is 3.82. The van der Waals surface area contributed by atoms with Crippen LogP contribution in [0.1, 0.15) is 18.9 Å². The molecule has 1 aliphatic rings. The van der Waals surface area contributed by atoms with Crippen LogP contribution in [0, 0.1) is 5.92 Å². The molecule has 3 rings (SSSR count). The Hall–Kier alpha value is -2.82. The van der Waals surface area contributed by atoms with Crippen molar-refractivity contribution in [1.82, 2.24) is 0 Å². The predicted octanol–water partition coefficient (Wildman–Crippen LogP) is 3.22. The van der Waals surface area contributed by atoms with E-state index in [0.29, 0.717) is 18.0 Å². The van der Waals surface area contributed by atoms with Crippen molar-refractivity contribution < 1.29 is 19.1 Å². The van der Waals surface area contributed by atoms with E-state index >= 15 is 0 Å². The first-order chi connectivity index (χ1) is 12.1. The van der Waals surface area contributed by atoms with Gasteiger partial charge in [0.25, 0.3) is 0 Å². The standard InChI is InChI=1S/C20H21NO4/c1-3-14-4-6-16(7-5-14)21-13-15(12-19(21)22)20(23)25-18-10-8-17(24-2)9-11-18/h4-11,15H,3,12-13H2,1-2H3. The monoisotopic (exact) mass is 339 g/mol. The van der Waals surface area contributed by atoms with Gasteiger partial charge in [-0.15, -0.1) is 0 Å². The van der Waals surface area contributed by atoms with Crippen LogP contribution in [-0.2, 0) is 16.0 Å². The van der Waals surface area contributed by atoms with Gasteiger partial charge in [-0.25, -0.2) is 0 Å². The predicted molar refractivity (Wildman–Crippen MR) is 94.9 cm³/mol. The van der Waals surface area contributed by atoms with Gasteiger partial charge >= 0.3 is 5.97 Å². The van der Waals surface area contributed by atoms with Crippen LogP contribution < -0.4 is 14.4 Å².